The first-order chi connectivity index (χ1) is 12.7. The van der Waals surface area contributed by atoms with Gasteiger partial charge in [-0.15, -0.1) is 0 Å². The minimum Gasteiger partial charge on any atom is -0.301 e. The van der Waals surface area contributed by atoms with Crippen molar-refractivity contribution in [3.05, 3.63) is 56.2 Å². The first kappa shape index (κ1) is 19.6. The number of halogens is 4. The van der Waals surface area contributed by atoms with Crippen molar-refractivity contribution in [2.24, 2.45) is 5.92 Å². The number of nitriles is 1. The molecular formula is C19H17BrF3N3O. The van der Waals surface area contributed by atoms with E-state index in [0.29, 0.717) is 40.1 Å². The Labute approximate surface area is 162 Å². The van der Waals surface area contributed by atoms with Gasteiger partial charge in [0.05, 0.1) is 17.6 Å². The topological polar surface area (TPSA) is 58.7 Å². The van der Waals surface area contributed by atoms with E-state index in [0.717, 1.165) is 0 Å². The molecule has 0 N–H and O–H groups in total. The van der Waals surface area contributed by atoms with Gasteiger partial charge in [-0.3, -0.25) is 4.79 Å². The molecule has 0 radical (unpaired) electrons. The summed E-state index contributed by atoms with van der Waals surface area (Å²) in [6, 6.07) is 8.85. The van der Waals surface area contributed by atoms with Gasteiger partial charge >= 0.3 is 6.18 Å². The molecule has 0 amide bonds. The van der Waals surface area contributed by atoms with E-state index in [1.54, 1.807) is 35.8 Å². The van der Waals surface area contributed by atoms with Crippen LogP contribution in [0.2, 0.25) is 0 Å². The minimum absolute atomic E-state index is 0.0342. The van der Waals surface area contributed by atoms with E-state index >= 15 is 0 Å². The fourth-order valence-corrected chi connectivity index (χ4v) is 3.86. The van der Waals surface area contributed by atoms with Crippen LogP contribution < -0.4 is 5.56 Å². The Morgan fingerprint density at radius 3 is 2.30 bits per heavy atom. The van der Waals surface area contributed by atoms with Gasteiger partial charge in [0.15, 0.2) is 0 Å². The molecule has 1 aromatic carbocycles. The van der Waals surface area contributed by atoms with Gasteiger partial charge in [0.25, 0.3) is 5.56 Å². The third-order valence-corrected chi connectivity index (χ3v) is 6.01. The average Bonchev–Trinajstić information content (AvgIpc) is 2.65. The quantitative estimate of drug-likeness (QED) is 0.660. The highest BCUT2D eigenvalue weighted by molar-refractivity contribution is 9.10. The second-order valence-corrected chi connectivity index (χ2v) is 7.55. The molecule has 27 heavy (non-hydrogen) atoms. The van der Waals surface area contributed by atoms with E-state index in [1.807, 2.05) is 6.07 Å². The summed E-state index contributed by atoms with van der Waals surface area (Å²) in [5, 5.41) is 8.97. The predicted octanol–water partition coefficient (Wildman–Crippen LogP) is 5.01. The lowest BCUT2D eigenvalue weighted by molar-refractivity contribution is -0.182. The molecule has 0 aliphatic heterocycles. The Hall–Kier alpha value is -2.14. The van der Waals surface area contributed by atoms with Crippen molar-refractivity contribution in [1.29, 1.82) is 5.26 Å². The SMILES string of the molecule is Cc1c(Br)c(=O)nc([C@H]2CC[C@@H](C(F)(F)F)CC2)n1-c1ccc(C#N)cc1. The van der Waals surface area contributed by atoms with Crippen LogP contribution >= 0.6 is 15.9 Å². The summed E-state index contributed by atoms with van der Waals surface area (Å²) in [7, 11) is 0. The van der Waals surface area contributed by atoms with Gasteiger partial charge in [0.2, 0.25) is 0 Å². The van der Waals surface area contributed by atoms with Crippen LogP contribution in [0.1, 0.15) is 48.7 Å². The van der Waals surface area contributed by atoms with E-state index in [1.165, 1.54) is 0 Å². The summed E-state index contributed by atoms with van der Waals surface area (Å²) in [4.78, 5) is 16.4. The van der Waals surface area contributed by atoms with E-state index in [2.05, 4.69) is 20.9 Å². The van der Waals surface area contributed by atoms with Crippen molar-refractivity contribution < 1.29 is 13.2 Å². The molecule has 1 saturated carbocycles. The number of nitrogens with zero attached hydrogens (tertiary/aromatic N) is 3. The fraction of sp³-hybridized carbons (Fsp3) is 0.421. The number of hydrogen-bond acceptors (Lipinski definition) is 3. The zero-order valence-electron chi connectivity index (χ0n) is 14.6. The number of hydrogen-bond donors (Lipinski definition) is 0. The van der Waals surface area contributed by atoms with E-state index in [-0.39, 0.29) is 18.8 Å². The molecule has 4 nitrogen and oxygen atoms in total. The van der Waals surface area contributed by atoms with Crippen molar-refractivity contribution in [3.63, 3.8) is 0 Å². The molecule has 0 saturated heterocycles. The molecular weight excluding hydrogens is 423 g/mol. The van der Waals surface area contributed by atoms with Gasteiger partial charge in [-0.25, -0.2) is 0 Å². The molecule has 0 spiro atoms. The van der Waals surface area contributed by atoms with Crippen LogP contribution in [0.3, 0.4) is 0 Å². The third-order valence-electron chi connectivity index (χ3n) is 5.10. The smallest absolute Gasteiger partial charge is 0.301 e. The van der Waals surface area contributed by atoms with Crippen LogP contribution in [0.4, 0.5) is 13.2 Å². The van der Waals surface area contributed by atoms with Crippen LogP contribution in [-0.4, -0.2) is 15.7 Å². The van der Waals surface area contributed by atoms with Crippen LogP contribution in [0.15, 0.2) is 33.5 Å². The Morgan fingerprint density at radius 1 is 1.19 bits per heavy atom. The number of benzene rings is 1. The van der Waals surface area contributed by atoms with E-state index in [4.69, 9.17) is 5.26 Å². The fourth-order valence-electron chi connectivity index (χ4n) is 3.59. The normalized spacial score (nSPS) is 20.3. The first-order valence-corrected chi connectivity index (χ1v) is 9.38. The molecule has 3 rings (SSSR count). The van der Waals surface area contributed by atoms with Gasteiger partial charge < -0.3 is 4.57 Å². The lowest BCUT2D eigenvalue weighted by Crippen LogP contribution is -2.30. The maximum atomic E-state index is 13.0. The van der Waals surface area contributed by atoms with Crippen LogP contribution in [0, 0.1) is 24.2 Å². The Balaban J connectivity index is 2.03. The molecule has 142 valence electrons. The molecule has 1 fully saturated rings. The van der Waals surface area contributed by atoms with Crippen molar-refractivity contribution in [2.75, 3.05) is 0 Å². The summed E-state index contributed by atoms with van der Waals surface area (Å²) in [6.07, 6.45) is -3.46. The van der Waals surface area contributed by atoms with Gasteiger partial charge in [-0.05, 0) is 72.8 Å². The average molecular weight is 440 g/mol. The molecule has 1 aromatic heterocycles. The summed E-state index contributed by atoms with van der Waals surface area (Å²) >= 11 is 3.25. The first-order valence-electron chi connectivity index (χ1n) is 8.58. The highest BCUT2D eigenvalue weighted by Crippen LogP contribution is 2.43. The zero-order chi connectivity index (χ0) is 19.8. The van der Waals surface area contributed by atoms with Gasteiger partial charge in [-0.1, -0.05) is 0 Å². The molecule has 1 heterocycles. The largest absolute Gasteiger partial charge is 0.391 e. The van der Waals surface area contributed by atoms with Crippen molar-refractivity contribution in [3.8, 4) is 11.8 Å². The molecule has 0 atom stereocenters. The summed E-state index contributed by atoms with van der Waals surface area (Å²) in [5.41, 5.74) is 1.42. The van der Waals surface area contributed by atoms with E-state index < -0.39 is 17.7 Å². The molecule has 1 aliphatic rings. The molecule has 8 heteroatoms. The highest BCUT2D eigenvalue weighted by atomic mass is 79.9. The van der Waals surface area contributed by atoms with Crippen molar-refractivity contribution in [2.45, 2.75) is 44.7 Å². The second kappa shape index (κ2) is 7.47. The Bertz CT molecular complexity index is 937. The van der Waals surface area contributed by atoms with Gasteiger partial charge in [0.1, 0.15) is 10.3 Å². The lowest BCUT2D eigenvalue weighted by Gasteiger charge is -2.31. The molecule has 0 unspecified atom stereocenters. The van der Waals surface area contributed by atoms with E-state index in [9.17, 15) is 18.0 Å². The molecule has 2 aromatic rings. The van der Waals surface area contributed by atoms with Crippen LogP contribution in [-0.2, 0) is 0 Å². The van der Waals surface area contributed by atoms with Crippen molar-refractivity contribution >= 4 is 15.9 Å². The monoisotopic (exact) mass is 439 g/mol. The molecule has 1 aliphatic carbocycles. The maximum absolute atomic E-state index is 13.0. The predicted molar refractivity (Wildman–Crippen MR) is 97.7 cm³/mol. The maximum Gasteiger partial charge on any atom is 0.391 e. The summed E-state index contributed by atoms with van der Waals surface area (Å²) in [5.74, 6) is -1.04. The molecule has 0 bridgehead atoms. The Morgan fingerprint density at radius 2 is 1.78 bits per heavy atom. The summed E-state index contributed by atoms with van der Waals surface area (Å²) < 4.78 is 41.0. The third kappa shape index (κ3) is 3.93. The van der Waals surface area contributed by atoms with Gasteiger partial charge in [0, 0.05) is 17.3 Å². The standard InChI is InChI=1S/C19H17BrF3N3O/c1-11-16(20)18(27)25-17(13-4-6-14(7-5-13)19(21,22)23)26(11)15-8-2-12(10-24)3-9-15/h2-3,8-9,13-14H,4-7H2,1H3/t13-,14+. The Kier molecular flexibility index (Phi) is 5.43. The zero-order valence-corrected chi connectivity index (χ0v) is 16.1. The lowest BCUT2D eigenvalue weighted by atomic mass is 9.81. The second-order valence-electron chi connectivity index (χ2n) is 6.76. The number of aromatic nitrogens is 2. The number of rotatable bonds is 2. The van der Waals surface area contributed by atoms with Crippen LogP contribution in [0.25, 0.3) is 5.69 Å². The minimum atomic E-state index is -4.18. The van der Waals surface area contributed by atoms with Gasteiger partial charge in [-0.2, -0.15) is 23.4 Å². The summed E-state index contributed by atoms with van der Waals surface area (Å²) in [6.45, 7) is 1.76. The number of alkyl halides is 3. The highest BCUT2D eigenvalue weighted by Gasteiger charge is 2.42. The van der Waals surface area contributed by atoms with Crippen molar-refractivity contribution in [1.82, 2.24) is 9.55 Å². The van der Waals surface area contributed by atoms with Crippen LogP contribution in [0.5, 0.6) is 0 Å².